The van der Waals surface area contributed by atoms with Gasteiger partial charge in [-0.05, 0) is 0 Å². The molecule has 8 nitrogen and oxygen atoms in total. The summed E-state index contributed by atoms with van der Waals surface area (Å²) in [5, 5.41) is 42.1. The van der Waals surface area contributed by atoms with Crippen LogP contribution in [0.3, 0.4) is 0 Å². The first-order valence-electron chi connectivity index (χ1n) is 3.98. The number of hydrogen-bond donors (Lipinski definition) is 6. The Morgan fingerprint density at radius 1 is 1.00 bits per heavy atom. The third kappa shape index (κ3) is 19.3. The maximum Gasteiger partial charge on any atom is 0.317 e. The van der Waals surface area contributed by atoms with E-state index in [-0.39, 0.29) is 26.3 Å². The van der Waals surface area contributed by atoms with Crippen molar-refractivity contribution in [3.05, 3.63) is 0 Å². The van der Waals surface area contributed by atoms with Gasteiger partial charge >= 0.3 is 11.9 Å². The molecule has 0 rings (SSSR count). The minimum absolute atomic E-state index is 0.313. The second-order valence-corrected chi connectivity index (χ2v) is 2.41. The summed E-state index contributed by atoms with van der Waals surface area (Å²) >= 11 is 0. The standard InChI is InChI=1S/C4H7NO4.C3H8O3/c6-3(7)1-5-2-4(8)9;4-1-3(6)2-5/h5H,1-2H2,(H,6,7)(H,8,9);3-6H,1-2H2. The molecule has 0 saturated carbocycles. The quantitative estimate of drug-likeness (QED) is 0.281. The van der Waals surface area contributed by atoms with Crippen LogP contribution < -0.4 is 5.32 Å². The van der Waals surface area contributed by atoms with E-state index in [9.17, 15) is 9.59 Å². The first kappa shape index (κ1) is 16.2. The lowest BCUT2D eigenvalue weighted by atomic mass is 10.4. The molecular formula is C7H15NO7. The smallest absolute Gasteiger partial charge is 0.317 e. The van der Waals surface area contributed by atoms with Crippen molar-refractivity contribution >= 4 is 11.9 Å². The summed E-state index contributed by atoms with van der Waals surface area (Å²) in [6.45, 7) is -1.36. The van der Waals surface area contributed by atoms with Gasteiger partial charge < -0.3 is 25.5 Å². The first-order valence-corrected chi connectivity index (χ1v) is 3.98. The van der Waals surface area contributed by atoms with Crippen molar-refractivity contribution in [1.82, 2.24) is 5.32 Å². The monoisotopic (exact) mass is 225 g/mol. The number of carboxylic acids is 2. The number of aliphatic hydroxyl groups is 3. The van der Waals surface area contributed by atoms with Gasteiger partial charge in [0.15, 0.2) is 0 Å². The minimum atomic E-state index is -1.06. The Morgan fingerprint density at radius 3 is 1.47 bits per heavy atom. The zero-order valence-electron chi connectivity index (χ0n) is 7.96. The average molecular weight is 225 g/mol. The Labute approximate surface area is 85.8 Å². The van der Waals surface area contributed by atoms with Crippen LogP contribution in [-0.2, 0) is 9.59 Å². The van der Waals surface area contributed by atoms with E-state index in [4.69, 9.17) is 25.5 Å². The van der Waals surface area contributed by atoms with Crippen LogP contribution in [0.2, 0.25) is 0 Å². The zero-order valence-corrected chi connectivity index (χ0v) is 7.96. The van der Waals surface area contributed by atoms with Crippen LogP contribution in [0.15, 0.2) is 0 Å². The van der Waals surface area contributed by atoms with Crippen molar-refractivity contribution in [3.63, 3.8) is 0 Å². The van der Waals surface area contributed by atoms with E-state index in [0.29, 0.717) is 0 Å². The van der Waals surface area contributed by atoms with Crippen LogP contribution in [0.4, 0.5) is 0 Å². The second-order valence-electron chi connectivity index (χ2n) is 2.41. The van der Waals surface area contributed by atoms with Gasteiger partial charge in [0.2, 0.25) is 0 Å². The summed E-state index contributed by atoms with van der Waals surface area (Å²) in [7, 11) is 0. The third-order valence-electron chi connectivity index (χ3n) is 0.974. The average Bonchev–Trinajstić information content (AvgIpc) is 2.16. The van der Waals surface area contributed by atoms with Crippen LogP contribution in [0.1, 0.15) is 0 Å². The van der Waals surface area contributed by atoms with Crippen molar-refractivity contribution < 1.29 is 35.1 Å². The largest absolute Gasteiger partial charge is 0.480 e. The molecule has 0 aromatic rings. The predicted molar refractivity (Wildman–Crippen MR) is 48.3 cm³/mol. The molecule has 0 spiro atoms. The molecule has 0 amide bonds. The SMILES string of the molecule is O=C(O)CNCC(=O)O.OCC(O)CO. The number of rotatable bonds is 6. The normalized spacial score (nSPS) is 9.33. The summed E-state index contributed by atoms with van der Waals surface area (Å²) in [5.74, 6) is -2.12. The molecule has 0 aromatic carbocycles. The molecule has 8 heteroatoms. The Balaban J connectivity index is 0. The Bertz CT molecular complexity index is 166. The molecule has 0 fully saturated rings. The molecule has 0 heterocycles. The zero-order chi connectivity index (χ0) is 12.3. The van der Waals surface area contributed by atoms with E-state index in [1.54, 1.807) is 0 Å². The van der Waals surface area contributed by atoms with E-state index in [1.165, 1.54) is 0 Å². The molecule has 0 bridgehead atoms. The van der Waals surface area contributed by atoms with Gasteiger partial charge in [-0.3, -0.25) is 14.9 Å². The van der Waals surface area contributed by atoms with Crippen molar-refractivity contribution in [2.75, 3.05) is 26.3 Å². The highest BCUT2D eigenvalue weighted by molar-refractivity contribution is 5.72. The van der Waals surface area contributed by atoms with Crippen LogP contribution in [0.5, 0.6) is 0 Å². The van der Waals surface area contributed by atoms with Gasteiger partial charge in [0.1, 0.15) is 6.10 Å². The first-order chi connectivity index (χ1) is 6.93. The molecule has 0 aliphatic carbocycles. The summed E-state index contributed by atoms with van der Waals surface area (Å²) in [6.07, 6.45) is -0.954. The van der Waals surface area contributed by atoms with E-state index >= 15 is 0 Å². The number of nitrogens with one attached hydrogen (secondary N) is 1. The van der Waals surface area contributed by atoms with Gasteiger partial charge in [-0.2, -0.15) is 0 Å². The molecule has 0 atom stereocenters. The van der Waals surface area contributed by atoms with E-state index in [2.05, 4.69) is 5.32 Å². The number of carboxylic acid groups (broad SMARTS) is 2. The number of aliphatic hydroxyl groups excluding tert-OH is 3. The van der Waals surface area contributed by atoms with E-state index in [1.807, 2.05) is 0 Å². The molecule has 0 aromatic heterocycles. The van der Waals surface area contributed by atoms with Crippen molar-refractivity contribution in [2.45, 2.75) is 6.10 Å². The fourth-order valence-corrected chi connectivity index (χ4v) is 0.334. The molecule has 15 heavy (non-hydrogen) atoms. The van der Waals surface area contributed by atoms with Crippen LogP contribution in [-0.4, -0.2) is 69.9 Å². The number of aliphatic carboxylic acids is 2. The molecule has 0 aliphatic rings. The molecule has 0 unspecified atom stereocenters. The van der Waals surface area contributed by atoms with E-state index in [0.717, 1.165) is 0 Å². The van der Waals surface area contributed by atoms with E-state index < -0.39 is 18.0 Å². The van der Waals surface area contributed by atoms with Crippen LogP contribution in [0.25, 0.3) is 0 Å². The molecule has 0 saturated heterocycles. The Kier molecular flexibility index (Phi) is 11.7. The van der Waals surface area contributed by atoms with Gasteiger partial charge in [-0.15, -0.1) is 0 Å². The van der Waals surface area contributed by atoms with Crippen molar-refractivity contribution in [2.24, 2.45) is 0 Å². The predicted octanol–water partition coefficient (Wildman–Crippen LogP) is -2.92. The van der Waals surface area contributed by atoms with Crippen molar-refractivity contribution in [3.8, 4) is 0 Å². The lowest BCUT2D eigenvalue weighted by Crippen LogP contribution is -2.27. The summed E-state index contributed by atoms with van der Waals surface area (Å²) in [4.78, 5) is 19.5. The Morgan fingerprint density at radius 2 is 1.33 bits per heavy atom. The van der Waals surface area contributed by atoms with Gasteiger partial charge in [0.05, 0.1) is 26.3 Å². The van der Waals surface area contributed by atoms with Gasteiger partial charge in [-0.25, -0.2) is 0 Å². The van der Waals surface area contributed by atoms with Crippen molar-refractivity contribution in [1.29, 1.82) is 0 Å². The van der Waals surface area contributed by atoms with Crippen LogP contribution in [0, 0.1) is 0 Å². The fourth-order valence-electron chi connectivity index (χ4n) is 0.334. The van der Waals surface area contributed by atoms with Gasteiger partial charge in [0, 0.05) is 0 Å². The van der Waals surface area contributed by atoms with Gasteiger partial charge in [0.25, 0.3) is 0 Å². The molecular weight excluding hydrogens is 210 g/mol. The maximum atomic E-state index is 9.73. The summed E-state index contributed by atoms with van der Waals surface area (Å²) in [6, 6.07) is 0. The molecule has 0 aliphatic heterocycles. The molecule has 90 valence electrons. The molecule has 6 N–H and O–H groups in total. The highest BCUT2D eigenvalue weighted by atomic mass is 16.4. The summed E-state index contributed by atoms with van der Waals surface area (Å²) < 4.78 is 0. The van der Waals surface area contributed by atoms with Crippen LogP contribution >= 0.6 is 0 Å². The lowest BCUT2D eigenvalue weighted by Gasteiger charge is -1.96. The highest BCUT2D eigenvalue weighted by Crippen LogP contribution is 1.71. The van der Waals surface area contributed by atoms with Gasteiger partial charge in [-0.1, -0.05) is 0 Å². The highest BCUT2D eigenvalue weighted by Gasteiger charge is 1.97. The third-order valence-corrected chi connectivity index (χ3v) is 0.974. The minimum Gasteiger partial charge on any atom is -0.480 e. The summed E-state index contributed by atoms with van der Waals surface area (Å²) in [5.41, 5.74) is 0. The number of hydrogen-bond acceptors (Lipinski definition) is 6. The topological polar surface area (TPSA) is 147 Å². The molecule has 0 radical (unpaired) electrons. The Hall–Kier alpha value is -1.22. The number of carbonyl (C=O) groups is 2. The maximum absolute atomic E-state index is 9.73. The fraction of sp³-hybridized carbons (Fsp3) is 0.714. The second kappa shape index (κ2) is 10.9. The lowest BCUT2D eigenvalue weighted by molar-refractivity contribution is -0.137.